The topological polar surface area (TPSA) is 56.7 Å². The monoisotopic (exact) mass is 349 g/mol. The van der Waals surface area contributed by atoms with Gasteiger partial charge >= 0.3 is 6.18 Å². The highest BCUT2D eigenvalue weighted by Gasteiger charge is 2.42. The van der Waals surface area contributed by atoms with E-state index in [1.165, 1.54) is 6.42 Å². The molecule has 0 amide bonds. The summed E-state index contributed by atoms with van der Waals surface area (Å²) in [5, 5.41) is 16.4. The summed E-state index contributed by atoms with van der Waals surface area (Å²) in [5.41, 5.74) is 0. The summed E-state index contributed by atoms with van der Waals surface area (Å²) in [4.78, 5) is 4.09. The minimum atomic E-state index is -4.12. The first kappa shape index (κ1) is 19.3. The average Bonchev–Trinajstić information content (AvgIpc) is 2.58. The fourth-order valence-electron chi connectivity index (χ4n) is 3.89. The molecule has 7 heteroatoms. The summed E-state index contributed by atoms with van der Waals surface area (Å²) in [5.74, 6) is -0.430. The number of hydrogen-bond donors (Lipinski definition) is 3. The zero-order chi connectivity index (χ0) is 17.6. The molecule has 2 aliphatic rings. The van der Waals surface area contributed by atoms with Gasteiger partial charge in [-0.3, -0.25) is 4.99 Å². The molecule has 0 aliphatic heterocycles. The molecular formula is C17H30F3N3O. The first-order chi connectivity index (χ1) is 11.4. The number of guanidine groups is 1. The van der Waals surface area contributed by atoms with Gasteiger partial charge in [-0.25, -0.2) is 0 Å². The largest absolute Gasteiger partial charge is 0.391 e. The molecule has 0 spiro atoms. The number of aliphatic hydroxyl groups excluding tert-OH is 1. The maximum Gasteiger partial charge on any atom is 0.391 e. The van der Waals surface area contributed by atoms with Crippen LogP contribution in [0.25, 0.3) is 0 Å². The first-order valence-corrected chi connectivity index (χ1v) is 9.12. The summed E-state index contributed by atoms with van der Waals surface area (Å²) >= 11 is 0. The fraction of sp³-hybridized carbons (Fsp3) is 0.941. The third-order valence-electron chi connectivity index (χ3n) is 5.37. The Balaban J connectivity index is 1.77. The molecule has 140 valence electrons. The van der Waals surface area contributed by atoms with E-state index in [2.05, 4.69) is 15.6 Å². The van der Waals surface area contributed by atoms with Crippen molar-refractivity contribution in [3.05, 3.63) is 0 Å². The van der Waals surface area contributed by atoms with Gasteiger partial charge in [0.1, 0.15) is 0 Å². The zero-order valence-corrected chi connectivity index (χ0v) is 14.4. The van der Waals surface area contributed by atoms with Crippen LogP contribution in [-0.4, -0.2) is 43.0 Å². The smallest absolute Gasteiger partial charge is 0.391 e. The molecule has 0 saturated heterocycles. The maximum absolute atomic E-state index is 12.9. The highest BCUT2D eigenvalue weighted by atomic mass is 19.4. The van der Waals surface area contributed by atoms with Crippen molar-refractivity contribution in [2.45, 2.75) is 76.1 Å². The Kier molecular flexibility index (Phi) is 7.19. The SMILES string of the molecule is CN=C(NCC(O)C1CCCCC1)NC1CCCC(C(F)(F)F)C1. The lowest BCUT2D eigenvalue weighted by Crippen LogP contribution is -2.49. The molecule has 2 rings (SSSR count). The second kappa shape index (κ2) is 8.92. The van der Waals surface area contributed by atoms with E-state index in [9.17, 15) is 18.3 Å². The Morgan fingerprint density at radius 3 is 2.46 bits per heavy atom. The van der Waals surface area contributed by atoms with Crippen molar-refractivity contribution in [2.75, 3.05) is 13.6 Å². The zero-order valence-electron chi connectivity index (χ0n) is 14.4. The number of alkyl halides is 3. The van der Waals surface area contributed by atoms with Gasteiger partial charge in [-0.05, 0) is 38.0 Å². The summed E-state index contributed by atoms with van der Waals surface area (Å²) in [6.07, 6.45) is 2.71. The Bertz CT molecular complexity index is 408. The number of aliphatic hydroxyl groups is 1. The lowest BCUT2D eigenvalue weighted by molar-refractivity contribution is -0.183. The van der Waals surface area contributed by atoms with Gasteiger partial charge in [-0.1, -0.05) is 25.7 Å². The van der Waals surface area contributed by atoms with E-state index in [4.69, 9.17) is 0 Å². The molecule has 2 saturated carbocycles. The fourth-order valence-corrected chi connectivity index (χ4v) is 3.89. The second-order valence-corrected chi connectivity index (χ2v) is 7.16. The molecule has 3 atom stereocenters. The van der Waals surface area contributed by atoms with Crippen LogP contribution in [0.15, 0.2) is 4.99 Å². The van der Waals surface area contributed by atoms with Crippen molar-refractivity contribution in [3.63, 3.8) is 0 Å². The van der Waals surface area contributed by atoms with E-state index in [1.807, 2.05) is 0 Å². The summed E-state index contributed by atoms with van der Waals surface area (Å²) in [7, 11) is 1.60. The van der Waals surface area contributed by atoms with Crippen molar-refractivity contribution >= 4 is 5.96 Å². The van der Waals surface area contributed by atoms with Crippen LogP contribution in [0, 0.1) is 11.8 Å². The molecule has 0 bridgehead atoms. The first-order valence-electron chi connectivity index (χ1n) is 9.12. The van der Waals surface area contributed by atoms with E-state index in [0.29, 0.717) is 24.8 Å². The lowest BCUT2D eigenvalue weighted by Gasteiger charge is -2.32. The van der Waals surface area contributed by atoms with Crippen LogP contribution in [0.3, 0.4) is 0 Å². The van der Waals surface area contributed by atoms with Crippen LogP contribution in [-0.2, 0) is 0 Å². The molecule has 0 radical (unpaired) electrons. The van der Waals surface area contributed by atoms with Crippen LogP contribution in [0.1, 0.15) is 57.8 Å². The van der Waals surface area contributed by atoms with Crippen LogP contribution in [0.4, 0.5) is 13.2 Å². The predicted octanol–water partition coefficient (Wildman–Crippen LogP) is 3.21. The molecule has 3 N–H and O–H groups in total. The third kappa shape index (κ3) is 5.83. The van der Waals surface area contributed by atoms with Crippen LogP contribution >= 0.6 is 0 Å². The molecule has 0 aromatic heterocycles. The molecule has 4 nitrogen and oxygen atoms in total. The predicted molar refractivity (Wildman–Crippen MR) is 88.9 cm³/mol. The van der Waals surface area contributed by atoms with Gasteiger partial charge in [0.2, 0.25) is 0 Å². The number of rotatable bonds is 4. The van der Waals surface area contributed by atoms with E-state index < -0.39 is 18.2 Å². The standard InChI is InChI=1S/C17H30F3N3O/c1-21-16(22-11-15(24)12-6-3-2-4-7-12)23-14-9-5-8-13(10-14)17(18,19)20/h12-15,24H,2-11H2,1H3,(H2,21,22,23). The molecular weight excluding hydrogens is 319 g/mol. The van der Waals surface area contributed by atoms with Gasteiger partial charge in [0.15, 0.2) is 5.96 Å². The van der Waals surface area contributed by atoms with E-state index in [-0.39, 0.29) is 18.9 Å². The molecule has 0 heterocycles. The van der Waals surface area contributed by atoms with Gasteiger partial charge in [0, 0.05) is 19.6 Å². The number of halogens is 3. The quantitative estimate of drug-likeness (QED) is 0.540. The minimum Gasteiger partial charge on any atom is -0.391 e. The Labute approximate surface area is 142 Å². The highest BCUT2D eigenvalue weighted by Crippen LogP contribution is 2.37. The van der Waals surface area contributed by atoms with Crippen molar-refractivity contribution in [1.29, 1.82) is 0 Å². The number of hydrogen-bond acceptors (Lipinski definition) is 2. The number of nitrogens with one attached hydrogen (secondary N) is 2. The molecule has 24 heavy (non-hydrogen) atoms. The van der Waals surface area contributed by atoms with Gasteiger partial charge < -0.3 is 15.7 Å². The third-order valence-corrected chi connectivity index (χ3v) is 5.37. The van der Waals surface area contributed by atoms with Crippen molar-refractivity contribution < 1.29 is 18.3 Å². The normalized spacial score (nSPS) is 28.5. The van der Waals surface area contributed by atoms with Gasteiger partial charge in [-0.2, -0.15) is 13.2 Å². The number of aliphatic imine (C=N–C) groups is 1. The van der Waals surface area contributed by atoms with Crippen molar-refractivity contribution in [2.24, 2.45) is 16.8 Å². The van der Waals surface area contributed by atoms with E-state index >= 15 is 0 Å². The molecule has 0 aromatic rings. The van der Waals surface area contributed by atoms with Gasteiger partial charge in [0.25, 0.3) is 0 Å². The Morgan fingerprint density at radius 1 is 1.12 bits per heavy atom. The van der Waals surface area contributed by atoms with Gasteiger partial charge in [0.05, 0.1) is 12.0 Å². The minimum absolute atomic E-state index is 0.0926. The van der Waals surface area contributed by atoms with Crippen molar-refractivity contribution in [3.8, 4) is 0 Å². The van der Waals surface area contributed by atoms with Gasteiger partial charge in [-0.15, -0.1) is 0 Å². The Hall–Kier alpha value is -0.980. The summed E-state index contributed by atoms with van der Waals surface area (Å²) in [6.45, 7) is 0.389. The van der Waals surface area contributed by atoms with Crippen LogP contribution < -0.4 is 10.6 Å². The highest BCUT2D eigenvalue weighted by molar-refractivity contribution is 5.80. The lowest BCUT2D eigenvalue weighted by atomic mass is 9.85. The molecule has 2 fully saturated rings. The number of nitrogens with zero attached hydrogens (tertiary/aromatic N) is 1. The van der Waals surface area contributed by atoms with Crippen molar-refractivity contribution in [1.82, 2.24) is 10.6 Å². The molecule has 2 aliphatic carbocycles. The summed E-state index contributed by atoms with van der Waals surface area (Å²) < 4.78 is 38.7. The Morgan fingerprint density at radius 2 is 1.83 bits per heavy atom. The molecule has 3 unspecified atom stereocenters. The second-order valence-electron chi connectivity index (χ2n) is 7.16. The van der Waals surface area contributed by atoms with Crippen LogP contribution in [0.5, 0.6) is 0 Å². The maximum atomic E-state index is 12.9. The summed E-state index contributed by atoms with van der Waals surface area (Å²) in [6, 6.07) is -0.219. The van der Waals surface area contributed by atoms with E-state index in [1.54, 1.807) is 7.05 Å². The van der Waals surface area contributed by atoms with E-state index in [0.717, 1.165) is 32.1 Å². The molecule has 0 aromatic carbocycles. The average molecular weight is 349 g/mol. The van der Waals surface area contributed by atoms with Crippen LogP contribution in [0.2, 0.25) is 0 Å².